The highest BCUT2D eigenvalue weighted by molar-refractivity contribution is 7.08. The molecule has 1 N–H and O–H groups in total. The summed E-state index contributed by atoms with van der Waals surface area (Å²) < 4.78 is 5.55. The van der Waals surface area contributed by atoms with E-state index in [0.29, 0.717) is 33.5 Å². The first-order valence-electron chi connectivity index (χ1n) is 8.07. The largest absolute Gasteiger partial charge is 0.355 e. The van der Waals surface area contributed by atoms with Crippen LogP contribution in [-0.2, 0) is 0 Å². The van der Waals surface area contributed by atoms with Crippen LogP contribution in [0.15, 0.2) is 45.6 Å². The van der Waals surface area contributed by atoms with E-state index in [9.17, 15) is 4.79 Å². The maximum Gasteiger partial charge on any atom is 0.257 e. The number of amides is 1. The van der Waals surface area contributed by atoms with Crippen LogP contribution in [0.3, 0.4) is 0 Å². The molecule has 130 valence electrons. The quantitative estimate of drug-likeness (QED) is 0.641. The molecule has 1 atom stereocenters. The number of nitrogens with zero attached hydrogens (tertiary/aromatic N) is 1. The Labute approximate surface area is 155 Å². The number of aromatic nitrogens is 1. The third-order valence-electron chi connectivity index (χ3n) is 4.19. The first-order valence-corrected chi connectivity index (χ1v) is 9.39. The van der Waals surface area contributed by atoms with E-state index < -0.39 is 0 Å². The number of hydrogen-bond donors (Lipinski definition) is 1. The van der Waals surface area contributed by atoms with E-state index >= 15 is 0 Å². The van der Waals surface area contributed by atoms with Crippen LogP contribution in [0, 0.1) is 5.92 Å². The summed E-state index contributed by atoms with van der Waals surface area (Å²) in [5.41, 5.74) is 2.38. The Morgan fingerprint density at radius 1 is 1.24 bits per heavy atom. The fourth-order valence-electron chi connectivity index (χ4n) is 2.37. The van der Waals surface area contributed by atoms with Crippen molar-refractivity contribution in [2.45, 2.75) is 26.8 Å². The Bertz CT molecular complexity index is 871. The Hall–Kier alpha value is -2.11. The van der Waals surface area contributed by atoms with Crippen LogP contribution in [0.25, 0.3) is 22.6 Å². The number of carbonyl (C=O) groups excluding carboxylic acids is 1. The molecule has 0 bridgehead atoms. The molecule has 1 aromatic carbocycles. The van der Waals surface area contributed by atoms with E-state index in [0.717, 1.165) is 5.56 Å². The molecule has 0 radical (unpaired) electrons. The van der Waals surface area contributed by atoms with E-state index in [1.807, 2.05) is 41.9 Å². The Morgan fingerprint density at radius 2 is 2.00 bits per heavy atom. The fourth-order valence-corrected chi connectivity index (χ4v) is 3.24. The topological polar surface area (TPSA) is 55.1 Å². The van der Waals surface area contributed by atoms with Crippen molar-refractivity contribution in [3.63, 3.8) is 0 Å². The molecule has 0 aliphatic rings. The number of carbonyl (C=O) groups is 1. The van der Waals surface area contributed by atoms with Crippen LogP contribution in [0.2, 0.25) is 5.02 Å². The zero-order valence-electron chi connectivity index (χ0n) is 14.2. The van der Waals surface area contributed by atoms with Gasteiger partial charge in [0.2, 0.25) is 0 Å². The molecule has 0 saturated carbocycles. The van der Waals surface area contributed by atoms with E-state index in [2.05, 4.69) is 24.3 Å². The molecule has 0 fully saturated rings. The number of benzene rings is 1. The maximum atomic E-state index is 13.0. The molecule has 6 heteroatoms. The first-order chi connectivity index (χ1) is 12.0. The SMILES string of the molecule is CC(C)C(C)NC(=O)c1c(-c2ccccc2Cl)noc1-c1ccsc1. The molecule has 2 aromatic heterocycles. The number of thiophene rings is 1. The van der Waals surface area contributed by atoms with Crippen LogP contribution in [0.4, 0.5) is 0 Å². The predicted octanol–water partition coefficient (Wildman–Crippen LogP) is 5.50. The summed E-state index contributed by atoms with van der Waals surface area (Å²) in [5.74, 6) is 0.570. The van der Waals surface area contributed by atoms with Crippen molar-refractivity contribution in [1.29, 1.82) is 0 Å². The lowest BCUT2D eigenvalue weighted by Gasteiger charge is -2.17. The molecule has 2 heterocycles. The summed E-state index contributed by atoms with van der Waals surface area (Å²) in [6.07, 6.45) is 0. The first kappa shape index (κ1) is 17.7. The normalized spacial score (nSPS) is 12.4. The van der Waals surface area contributed by atoms with Gasteiger partial charge in [0.05, 0.1) is 5.02 Å². The monoisotopic (exact) mass is 374 g/mol. The molecular weight excluding hydrogens is 356 g/mol. The number of halogens is 1. The van der Waals surface area contributed by atoms with Crippen molar-refractivity contribution >= 4 is 28.8 Å². The lowest BCUT2D eigenvalue weighted by molar-refractivity contribution is 0.0931. The zero-order chi connectivity index (χ0) is 18.0. The molecular formula is C19H19ClN2O2S. The Kier molecular flexibility index (Phi) is 5.25. The third kappa shape index (κ3) is 3.62. The highest BCUT2D eigenvalue weighted by Gasteiger charge is 2.27. The van der Waals surface area contributed by atoms with Gasteiger partial charge in [-0.05, 0) is 30.4 Å². The summed E-state index contributed by atoms with van der Waals surface area (Å²) in [6, 6.07) is 9.24. The van der Waals surface area contributed by atoms with Gasteiger partial charge in [-0.25, -0.2) is 0 Å². The molecule has 0 saturated heterocycles. The van der Waals surface area contributed by atoms with Gasteiger partial charge in [-0.15, -0.1) is 0 Å². The molecule has 3 rings (SSSR count). The molecule has 1 unspecified atom stereocenters. The molecule has 0 spiro atoms. The van der Waals surface area contributed by atoms with Crippen LogP contribution in [0.1, 0.15) is 31.1 Å². The van der Waals surface area contributed by atoms with Crippen molar-refractivity contribution in [2.75, 3.05) is 0 Å². The van der Waals surface area contributed by atoms with Gasteiger partial charge in [0.25, 0.3) is 5.91 Å². The van der Waals surface area contributed by atoms with Gasteiger partial charge >= 0.3 is 0 Å². The van der Waals surface area contributed by atoms with Crippen LogP contribution >= 0.6 is 22.9 Å². The molecule has 4 nitrogen and oxygen atoms in total. The van der Waals surface area contributed by atoms with Crippen LogP contribution in [-0.4, -0.2) is 17.1 Å². The van der Waals surface area contributed by atoms with Gasteiger partial charge in [-0.1, -0.05) is 48.8 Å². The minimum atomic E-state index is -0.210. The minimum absolute atomic E-state index is 0.0248. The van der Waals surface area contributed by atoms with Crippen LogP contribution < -0.4 is 5.32 Å². The van der Waals surface area contributed by atoms with Gasteiger partial charge in [-0.2, -0.15) is 11.3 Å². The molecule has 1 amide bonds. The second kappa shape index (κ2) is 7.42. The van der Waals surface area contributed by atoms with Crippen molar-refractivity contribution in [3.8, 4) is 22.6 Å². The van der Waals surface area contributed by atoms with E-state index in [1.54, 1.807) is 6.07 Å². The maximum absolute atomic E-state index is 13.0. The minimum Gasteiger partial charge on any atom is -0.355 e. The van der Waals surface area contributed by atoms with Crippen molar-refractivity contribution in [2.24, 2.45) is 5.92 Å². The van der Waals surface area contributed by atoms with Gasteiger partial charge < -0.3 is 9.84 Å². The average Bonchev–Trinajstić information content (AvgIpc) is 3.24. The number of rotatable bonds is 5. The standard InChI is InChI=1S/C19H19ClN2O2S/c1-11(2)12(3)21-19(23)16-17(14-6-4-5-7-15(14)20)22-24-18(16)13-8-9-25-10-13/h4-12H,1-3H3,(H,21,23). The smallest absolute Gasteiger partial charge is 0.257 e. The third-order valence-corrected chi connectivity index (χ3v) is 5.20. The summed E-state index contributed by atoms with van der Waals surface area (Å²) in [5, 5.41) is 11.6. The second-order valence-electron chi connectivity index (χ2n) is 6.23. The predicted molar refractivity (Wildman–Crippen MR) is 102 cm³/mol. The summed E-state index contributed by atoms with van der Waals surface area (Å²) >= 11 is 7.85. The number of nitrogens with one attached hydrogen (secondary N) is 1. The molecule has 0 aliphatic carbocycles. The van der Waals surface area contributed by atoms with E-state index in [4.69, 9.17) is 16.1 Å². The summed E-state index contributed by atoms with van der Waals surface area (Å²) in [6.45, 7) is 6.11. The van der Waals surface area contributed by atoms with Gasteiger partial charge in [-0.3, -0.25) is 4.79 Å². The summed E-state index contributed by atoms with van der Waals surface area (Å²) in [4.78, 5) is 13.0. The summed E-state index contributed by atoms with van der Waals surface area (Å²) in [7, 11) is 0. The highest BCUT2D eigenvalue weighted by Crippen LogP contribution is 2.36. The lowest BCUT2D eigenvalue weighted by atomic mass is 10.0. The van der Waals surface area contributed by atoms with Crippen LogP contribution in [0.5, 0.6) is 0 Å². The second-order valence-corrected chi connectivity index (χ2v) is 7.42. The average molecular weight is 375 g/mol. The molecule has 3 aromatic rings. The fraction of sp³-hybridized carbons (Fsp3) is 0.263. The van der Waals surface area contributed by atoms with Crippen molar-refractivity contribution in [3.05, 3.63) is 51.7 Å². The highest BCUT2D eigenvalue weighted by atomic mass is 35.5. The molecule has 25 heavy (non-hydrogen) atoms. The zero-order valence-corrected chi connectivity index (χ0v) is 15.8. The Morgan fingerprint density at radius 3 is 2.64 bits per heavy atom. The van der Waals surface area contributed by atoms with Crippen molar-refractivity contribution < 1.29 is 9.32 Å². The Balaban J connectivity index is 2.11. The van der Waals surface area contributed by atoms with E-state index in [1.165, 1.54) is 11.3 Å². The van der Waals surface area contributed by atoms with Gasteiger partial charge in [0.15, 0.2) is 5.76 Å². The number of hydrogen-bond acceptors (Lipinski definition) is 4. The van der Waals surface area contributed by atoms with Gasteiger partial charge in [0.1, 0.15) is 11.3 Å². The van der Waals surface area contributed by atoms with E-state index in [-0.39, 0.29) is 11.9 Å². The van der Waals surface area contributed by atoms with Crippen molar-refractivity contribution in [1.82, 2.24) is 10.5 Å². The molecule has 0 aliphatic heterocycles. The lowest BCUT2D eigenvalue weighted by Crippen LogP contribution is -2.36. The van der Waals surface area contributed by atoms with Gasteiger partial charge in [0, 0.05) is 22.5 Å².